The Labute approximate surface area is 296 Å². The molecule has 2 unspecified atom stereocenters. The van der Waals surface area contributed by atoms with Gasteiger partial charge < -0.3 is 33.2 Å². The molecular formula is C40H40O11. The van der Waals surface area contributed by atoms with E-state index in [-0.39, 0.29) is 28.9 Å². The van der Waals surface area contributed by atoms with Crippen molar-refractivity contribution in [3.05, 3.63) is 144 Å². The largest absolute Gasteiger partial charge is 0.459 e. The van der Waals surface area contributed by atoms with Crippen LogP contribution in [0.5, 0.6) is 0 Å². The zero-order chi connectivity index (χ0) is 35.8. The third kappa shape index (κ3) is 10.6. The third-order valence-electron chi connectivity index (χ3n) is 8.01. The lowest BCUT2D eigenvalue weighted by Gasteiger charge is -2.44. The Kier molecular flexibility index (Phi) is 13.9. The van der Waals surface area contributed by atoms with E-state index in [4.69, 9.17) is 33.2 Å². The van der Waals surface area contributed by atoms with Crippen LogP contribution in [0.15, 0.2) is 121 Å². The molecule has 1 heterocycles. The molecule has 0 aromatic heterocycles. The number of carbonyl (C=O) groups is 4. The summed E-state index contributed by atoms with van der Waals surface area (Å²) >= 11 is 0. The van der Waals surface area contributed by atoms with Crippen molar-refractivity contribution in [2.75, 3.05) is 26.9 Å². The van der Waals surface area contributed by atoms with Gasteiger partial charge in [-0.1, -0.05) is 72.8 Å². The summed E-state index contributed by atoms with van der Waals surface area (Å²) in [5.41, 5.74) is 0.920. The number of benzene rings is 4. The highest BCUT2D eigenvalue weighted by Crippen LogP contribution is 2.32. The molecule has 5 rings (SSSR count). The molecule has 4 aromatic carbocycles. The predicted molar refractivity (Wildman–Crippen MR) is 184 cm³/mol. The van der Waals surface area contributed by atoms with Crippen molar-refractivity contribution in [3.8, 4) is 0 Å². The van der Waals surface area contributed by atoms with Gasteiger partial charge in [-0.25, -0.2) is 19.2 Å². The SMILES string of the molecule is COCCCCCO[C@@H]1OC(COC(=O)c2ccccc2)[C@H](OC(=O)c2ccccc2)C(OC(=O)c2ccccc2)[C@@H]1OC(=O)c1ccccc1. The fraction of sp³-hybridized carbons (Fsp3) is 0.300. The van der Waals surface area contributed by atoms with Crippen LogP contribution in [0.25, 0.3) is 0 Å². The molecule has 266 valence electrons. The summed E-state index contributed by atoms with van der Waals surface area (Å²) in [7, 11) is 1.63. The Hall–Kier alpha value is -5.36. The van der Waals surface area contributed by atoms with Gasteiger partial charge in [0, 0.05) is 20.3 Å². The van der Waals surface area contributed by atoms with Crippen LogP contribution in [0.3, 0.4) is 0 Å². The highest BCUT2D eigenvalue weighted by atomic mass is 16.7. The highest BCUT2D eigenvalue weighted by Gasteiger charge is 2.53. The highest BCUT2D eigenvalue weighted by molar-refractivity contribution is 5.91. The van der Waals surface area contributed by atoms with Gasteiger partial charge in [0.25, 0.3) is 0 Å². The van der Waals surface area contributed by atoms with Crippen molar-refractivity contribution in [2.45, 2.75) is 50.0 Å². The molecule has 1 aliphatic rings. The fourth-order valence-electron chi connectivity index (χ4n) is 5.39. The smallest absolute Gasteiger partial charge is 0.338 e. The Morgan fingerprint density at radius 2 is 0.922 bits per heavy atom. The van der Waals surface area contributed by atoms with E-state index in [1.165, 1.54) is 0 Å². The molecule has 11 heteroatoms. The van der Waals surface area contributed by atoms with Crippen LogP contribution in [0.1, 0.15) is 60.7 Å². The second-order valence-electron chi connectivity index (χ2n) is 11.6. The third-order valence-corrected chi connectivity index (χ3v) is 8.01. The zero-order valence-electron chi connectivity index (χ0n) is 28.2. The van der Waals surface area contributed by atoms with Crippen molar-refractivity contribution in [2.24, 2.45) is 0 Å². The molecule has 0 spiro atoms. The van der Waals surface area contributed by atoms with Gasteiger partial charge in [0.1, 0.15) is 12.7 Å². The molecule has 5 atom stereocenters. The predicted octanol–water partition coefficient (Wildman–Crippen LogP) is 6.08. The standard InChI is InChI=1S/C40H40O11/c1-45-25-15-6-16-26-46-40-35(51-39(44)31-23-13-5-14-24-31)34(50-38(43)30-21-11-4-12-22-30)33(49-37(42)29-19-9-3-10-20-29)32(48-40)27-47-36(41)28-17-7-2-8-18-28/h2-5,7-14,17-24,32-35,40H,6,15-16,25-27H2,1H3/t32?,33-,34?,35-,40+/m0/s1. The lowest BCUT2D eigenvalue weighted by Crippen LogP contribution is -2.63. The maximum atomic E-state index is 13.7. The Morgan fingerprint density at radius 3 is 1.39 bits per heavy atom. The van der Waals surface area contributed by atoms with Crippen LogP contribution < -0.4 is 0 Å². The minimum Gasteiger partial charge on any atom is -0.459 e. The molecule has 0 bridgehead atoms. The van der Waals surface area contributed by atoms with Crippen LogP contribution in [-0.2, 0) is 33.2 Å². The summed E-state index contributed by atoms with van der Waals surface area (Å²) in [5, 5.41) is 0. The average molecular weight is 697 g/mol. The normalized spacial score (nSPS) is 19.7. The van der Waals surface area contributed by atoms with E-state index in [0.717, 1.165) is 12.8 Å². The summed E-state index contributed by atoms with van der Waals surface area (Å²) < 4.78 is 41.4. The maximum absolute atomic E-state index is 13.7. The van der Waals surface area contributed by atoms with E-state index in [0.29, 0.717) is 13.0 Å². The monoisotopic (exact) mass is 696 g/mol. The molecule has 1 fully saturated rings. The van der Waals surface area contributed by atoms with Crippen LogP contribution in [0.4, 0.5) is 0 Å². The quantitative estimate of drug-likeness (QED) is 0.0767. The van der Waals surface area contributed by atoms with Crippen molar-refractivity contribution < 1.29 is 52.3 Å². The molecule has 1 aliphatic heterocycles. The van der Waals surface area contributed by atoms with Gasteiger partial charge in [0.15, 0.2) is 24.6 Å². The summed E-state index contributed by atoms with van der Waals surface area (Å²) in [6.45, 7) is 0.336. The van der Waals surface area contributed by atoms with Crippen molar-refractivity contribution >= 4 is 23.9 Å². The molecule has 11 nitrogen and oxygen atoms in total. The average Bonchev–Trinajstić information content (AvgIpc) is 3.18. The number of esters is 4. The van der Waals surface area contributed by atoms with E-state index < -0.39 is 61.2 Å². The van der Waals surface area contributed by atoms with Gasteiger partial charge in [-0.3, -0.25) is 0 Å². The Morgan fingerprint density at radius 1 is 0.510 bits per heavy atom. The number of methoxy groups -OCH3 is 1. The number of unbranched alkanes of at least 4 members (excludes halogenated alkanes) is 2. The Bertz CT molecular complexity index is 1680. The van der Waals surface area contributed by atoms with Crippen molar-refractivity contribution in [3.63, 3.8) is 0 Å². The Balaban J connectivity index is 1.51. The number of carbonyl (C=O) groups excluding carboxylic acids is 4. The van der Waals surface area contributed by atoms with Gasteiger partial charge in [-0.05, 0) is 67.8 Å². The molecule has 0 amide bonds. The van der Waals surface area contributed by atoms with Gasteiger partial charge in [0.2, 0.25) is 0 Å². The maximum Gasteiger partial charge on any atom is 0.338 e. The molecule has 0 radical (unpaired) electrons. The molecule has 4 aromatic rings. The van der Waals surface area contributed by atoms with E-state index in [1.807, 2.05) is 0 Å². The number of rotatable bonds is 16. The second kappa shape index (κ2) is 19.1. The lowest BCUT2D eigenvalue weighted by molar-refractivity contribution is -0.298. The summed E-state index contributed by atoms with van der Waals surface area (Å²) in [6, 6.07) is 33.0. The second-order valence-corrected chi connectivity index (χ2v) is 11.6. The van der Waals surface area contributed by atoms with Crippen LogP contribution in [-0.4, -0.2) is 81.5 Å². The van der Waals surface area contributed by atoms with E-state index >= 15 is 0 Å². The first-order valence-electron chi connectivity index (χ1n) is 16.7. The molecular weight excluding hydrogens is 656 g/mol. The fourth-order valence-corrected chi connectivity index (χ4v) is 5.39. The summed E-state index contributed by atoms with van der Waals surface area (Å²) in [4.78, 5) is 53.8. The minimum absolute atomic E-state index is 0.179. The van der Waals surface area contributed by atoms with Gasteiger partial charge in [-0.15, -0.1) is 0 Å². The summed E-state index contributed by atoms with van der Waals surface area (Å²) in [5.74, 6) is -2.95. The number of ether oxygens (including phenoxy) is 7. The van der Waals surface area contributed by atoms with Crippen molar-refractivity contribution in [1.29, 1.82) is 0 Å². The first kappa shape index (κ1) is 36.9. The van der Waals surface area contributed by atoms with Gasteiger partial charge >= 0.3 is 23.9 Å². The van der Waals surface area contributed by atoms with Crippen LogP contribution in [0, 0.1) is 0 Å². The topological polar surface area (TPSA) is 133 Å². The summed E-state index contributed by atoms with van der Waals surface area (Å²) in [6.07, 6.45) is -4.67. The molecule has 0 N–H and O–H groups in total. The van der Waals surface area contributed by atoms with Crippen LogP contribution in [0.2, 0.25) is 0 Å². The van der Waals surface area contributed by atoms with E-state index in [1.54, 1.807) is 128 Å². The van der Waals surface area contributed by atoms with E-state index in [2.05, 4.69) is 0 Å². The van der Waals surface area contributed by atoms with E-state index in [9.17, 15) is 19.2 Å². The first-order valence-corrected chi connectivity index (χ1v) is 16.7. The minimum atomic E-state index is -1.47. The van der Waals surface area contributed by atoms with Gasteiger partial charge in [0.05, 0.1) is 22.3 Å². The molecule has 1 saturated heterocycles. The first-order chi connectivity index (χ1) is 24.9. The van der Waals surface area contributed by atoms with Crippen molar-refractivity contribution in [1.82, 2.24) is 0 Å². The number of hydrogen-bond donors (Lipinski definition) is 0. The van der Waals surface area contributed by atoms with Gasteiger partial charge in [-0.2, -0.15) is 0 Å². The molecule has 0 aliphatic carbocycles. The van der Waals surface area contributed by atoms with Crippen LogP contribution >= 0.6 is 0 Å². The molecule has 51 heavy (non-hydrogen) atoms. The lowest BCUT2D eigenvalue weighted by atomic mass is 9.97. The molecule has 0 saturated carbocycles. The zero-order valence-corrected chi connectivity index (χ0v) is 28.2. The number of hydrogen-bond acceptors (Lipinski definition) is 11.